The van der Waals surface area contributed by atoms with Gasteiger partial charge in [-0.2, -0.15) is 0 Å². The van der Waals surface area contributed by atoms with E-state index in [1.165, 1.54) is 96.8 Å². The molecule has 3 heterocycles. The molecule has 0 amide bonds. The number of hydrogen-bond donors (Lipinski definition) is 0. The lowest BCUT2D eigenvalue weighted by Crippen LogP contribution is -1.96. The first-order valence-electron chi connectivity index (χ1n) is 17.6. The van der Waals surface area contributed by atoms with E-state index in [1.54, 1.807) is 0 Å². The molecule has 0 fully saturated rings. The number of rotatable bonds is 4. The van der Waals surface area contributed by atoms with Gasteiger partial charge < -0.3 is 9.13 Å². The Morgan fingerprint density at radius 1 is 0.269 bits per heavy atom. The van der Waals surface area contributed by atoms with E-state index in [9.17, 15) is 0 Å². The van der Waals surface area contributed by atoms with Crippen molar-refractivity contribution in [1.29, 1.82) is 0 Å². The molecule has 0 bridgehead atoms. The van der Waals surface area contributed by atoms with Gasteiger partial charge in [0.1, 0.15) is 0 Å². The molecule has 0 atom stereocenters. The molecule has 10 aromatic rings. The van der Waals surface area contributed by atoms with Crippen LogP contribution in [0.1, 0.15) is 0 Å². The van der Waals surface area contributed by atoms with Crippen molar-refractivity contribution in [3.05, 3.63) is 182 Å². The van der Waals surface area contributed by atoms with Crippen LogP contribution < -0.4 is 0 Å². The molecule has 0 aliphatic carbocycles. The molecule has 1 aliphatic rings. The van der Waals surface area contributed by atoms with Crippen molar-refractivity contribution >= 4 is 67.1 Å². The van der Waals surface area contributed by atoms with E-state index in [-0.39, 0.29) is 0 Å². The molecule has 11 rings (SSSR count). The highest BCUT2D eigenvalue weighted by Crippen LogP contribution is 2.52. The van der Waals surface area contributed by atoms with Crippen LogP contribution in [0.5, 0.6) is 0 Å². The molecule has 1 aliphatic heterocycles. The van der Waals surface area contributed by atoms with Gasteiger partial charge in [-0.1, -0.05) is 145 Å². The third-order valence-electron chi connectivity index (χ3n) is 10.4. The Hall–Kier alpha value is -5.94. The molecule has 244 valence electrons. The minimum absolute atomic E-state index is 1.17. The number of aromatic nitrogens is 2. The molecular formula is C48H30N2S2. The van der Waals surface area contributed by atoms with Gasteiger partial charge in [0.05, 0.1) is 22.1 Å². The lowest BCUT2D eigenvalue weighted by atomic mass is 10.1. The highest BCUT2D eigenvalue weighted by atomic mass is 32.2. The fourth-order valence-electron chi connectivity index (χ4n) is 7.95. The SMILES string of the molecule is c1ccc(-c2ccc(-n3c4ccccc4c4cc5c(cc43)Sc3cc4c6ccccc6n(-c6cccc(-c7ccccc7)c6)c4cc3S5)cc2)cc1. The van der Waals surface area contributed by atoms with Crippen LogP contribution in [0.25, 0.3) is 77.2 Å². The van der Waals surface area contributed by atoms with Crippen LogP contribution >= 0.6 is 23.5 Å². The maximum Gasteiger partial charge on any atom is 0.0553 e. The zero-order valence-corrected chi connectivity index (χ0v) is 29.7. The Kier molecular flexibility index (Phi) is 6.76. The zero-order chi connectivity index (χ0) is 34.2. The largest absolute Gasteiger partial charge is 0.309 e. The smallest absolute Gasteiger partial charge is 0.0553 e. The van der Waals surface area contributed by atoms with Crippen molar-refractivity contribution in [2.75, 3.05) is 0 Å². The average molecular weight is 699 g/mol. The van der Waals surface area contributed by atoms with E-state index in [2.05, 4.69) is 191 Å². The number of nitrogens with zero attached hydrogens (tertiary/aromatic N) is 2. The maximum absolute atomic E-state index is 2.44. The van der Waals surface area contributed by atoms with Crippen LogP contribution in [0.15, 0.2) is 202 Å². The summed E-state index contributed by atoms with van der Waals surface area (Å²) in [6, 6.07) is 66.5. The maximum atomic E-state index is 2.44. The van der Waals surface area contributed by atoms with Gasteiger partial charge in [0.15, 0.2) is 0 Å². The molecule has 2 aromatic heterocycles. The third-order valence-corrected chi connectivity index (χ3v) is 12.8. The predicted octanol–water partition coefficient (Wildman–Crippen LogP) is 13.8. The van der Waals surface area contributed by atoms with Gasteiger partial charge in [-0.15, -0.1) is 0 Å². The van der Waals surface area contributed by atoms with Gasteiger partial charge in [0.2, 0.25) is 0 Å². The van der Waals surface area contributed by atoms with Crippen molar-refractivity contribution in [3.8, 4) is 33.6 Å². The topological polar surface area (TPSA) is 9.86 Å². The van der Waals surface area contributed by atoms with Crippen LogP contribution in [0.4, 0.5) is 0 Å². The van der Waals surface area contributed by atoms with Gasteiger partial charge >= 0.3 is 0 Å². The van der Waals surface area contributed by atoms with Gasteiger partial charge in [0.25, 0.3) is 0 Å². The molecule has 0 spiro atoms. The lowest BCUT2D eigenvalue weighted by Gasteiger charge is -2.20. The van der Waals surface area contributed by atoms with Crippen LogP contribution in [0, 0.1) is 0 Å². The summed E-state index contributed by atoms with van der Waals surface area (Å²) >= 11 is 3.79. The monoisotopic (exact) mass is 698 g/mol. The van der Waals surface area contributed by atoms with Crippen molar-refractivity contribution in [2.24, 2.45) is 0 Å². The fourth-order valence-corrected chi connectivity index (χ4v) is 10.3. The Labute approximate surface area is 310 Å². The normalized spacial score (nSPS) is 12.5. The summed E-state index contributed by atoms with van der Waals surface area (Å²) in [5.41, 5.74) is 12.2. The van der Waals surface area contributed by atoms with Crippen molar-refractivity contribution in [1.82, 2.24) is 9.13 Å². The average Bonchev–Trinajstić information content (AvgIpc) is 3.70. The summed E-state index contributed by atoms with van der Waals surface area (Å²) < 4.78 is 4.87. The molecule has 0 N–H and O–H groups in total. The molecule has 2 nitrogen and oxygen atoms in total. The van der Waals surface area contributed by atoms with Crippen molar-refractivity contribution in [3.63, 3.8) is 0 Å². The molecular weight excluding hydrogens is 669 g/mol. The summed E-state index contributed by atoms with van der Waals surface area (Å²) in [7, 11) is 0. The van der Waals surface area contributed by atoms with Crippen LogP contribution in [-0.4, -0.2) is 9.13 Å². The standard InChI is InChI=1S/C48H30N2S2/c1-3-12-31(13-4-1)33-22-24-35(25-23-33)49-41-20-9-7-18-37(41)39-27-45-47(29-43(39)49)51-46-28-40-38-19-8-10-21-42(38)50(44(40)30-48(46)52-45)36-17-11-16-34(26-36)32-14-5-2-6-15-32/h1-30H. The second-order valence-electron chi connectivity index (χ2n) is 13.4. The Bertz CT molecular complexity index is 2990. The summed E-state index contributed by atoms with van der Waals surface area (Å²) in [4.78, 5) is 5.21. The summed E-state index contributed by atoms with van der Waals surface area (Å²) in [6.45, 7) is 0. The van der Waals surface area contributed by atoms with Crippen LogP contribution in [0.2, 0.25) is 0 Å². The molecule has 0 saturated carbocycles. The lowest BCUT2D eigenvalue weighted by molar-refractivity contribution is 1.13. The van der Waals surface area contributed by atoms with Gasteiger partial charge in [-0.25, -0.2) is 0 Å². The van der Waals surface area contributed by atoms with Gasteiger partial charge in [-0.3, -0.25) is 0 Å². The first-order valence-corrected chi connectivity index (χ1v) is 19.2. The second-order valence-corrected chi connectivity index (χ2v) is 15.5. The van der Waals surface area contributed by atoms with E-state index >= 15 is 0 Å². The van der Waals surface area contributed by atoms with E-state index in [1.807, 2.05) is 23.5 Å². The molecule has 52 heavy (non-hydrogen) atoms. The number of fused-ring (bicyclic) bond motifs is 8. The van der Waals surface area contributed by atoms with Gasteiger partial charge in [-0.05, 0) is 82.9 Å². The van der Waals surface area contributed by atoms with Crippen molar-refractivity contribution < 1.29 is 0 Å². The Morgan fingerprint density at radius 2 is 0.712 bits per heavy atom. The van der Waals surface area contributed by atoms with E-state index in [0.717, 1.165) is 0 Å². The molecule has 0 unspecified atom stereocenters. The Morgan fingerprint density at radius 3 is 1.29 bits per heavy atom. The Balaban J connectivity index is 1.05. The summed E-state index contributed by atoms with van der Waals surface area (Å²) in [5.74, 6) is 0. The van der Waals surface area contributed by atoms with Gasteiger partial charge in [0, 0.05) is 52.5 Å². The number of para-hydroxylation sites is 2. The quantitative estimate of drug-likeness (QED) is 0.181. The first kappa shape index (κ1) is 29.8. The molecule has 0 radical (unpaired) electrons. The third kappa shape index (κ3) is 4.68. The first-order chi connectivity index (χ1) is 25.8. The second kappa shape index (κ2) is 11.8. The summed E-state index contributed by atoms with van der Waals surface area (Å²) in [6.07, 6.45) is 0. The molecule has 4 heteroatoms. The highest BCUT2D eigenvalue weighted by Gasteiger charge is 2.24. The minimum Gasteiger partial charge on any atom is -0.309 e. The predicted molar refractivity (Wildman–Crippen MR) is 221 cm³/mol. The zero-order valence-electron chi connectivity index (χ0n) is 28.0. The highest BCUT2D eigenvalue weighted by molar-refractivity contribution is 8.05. The number of benzene rings is 8. The van der Waals surface area contributed by atoms with Crippen LogP contribution in [-0.2, 0) is 0 Å². The van der Waals surface area contributed by atoms with E-state index in [0.29, 0.717) is 0 Å². The fraction of sp³-hybridized carbons (Fsp3) is 0. The van der Waals surface area contributed by atoms with Crippen molar-refractivity contribution in [2.45, 2.75) is 19.6 Å². The molecule has 0 saturated heterocycles. The van der Waals surface area contributed by atoms with Crippen LogP contribution in [0.3, 0.4) is 0 Å². The van der Waals surface area contributed by atoms with E-state index in [4.69, 9.17) is 0 Å². The molecule has 8 aromatic carbocycles. The number of hydrogen-bond acceptors (Lipinski definition) is 2. The minimum atomic E-state index is 1.17. The summed E-state index contributed by atoms with van der Waals surface area (Å²) in [5, 5.41) is 5.12. The van der Waals surface area contributed by atoms with E-state index < -0.39 is 0 Å².